The molecule has 0 N–H and O–H groups in total. The van der Waals surface area contributed by atoms with Crippen LogP contribution in [0.15, 0.2) is 24.3 Å². The number of halogens is 1. The summed E-state index contributed by atoms with van der Waals surface area (Å²) in [5.74, 6) is 0.344. The molecule has 2 aromatic rings. The van der Waals surface area contributed by atoms with Crippen LogP contribution in [0.1, 0.15) is 39.1 Å². The third-order valence-corrected chi connectivity index (χ3v) is 4.91. The van der Waals surface area contributed by atoms with Crippen molar-refractivity contribution in [1.29, 1.82) is 0 Å². The molecule has 110 valence electrons. The molecule has 1 aromatic heterocycles. The molecule has 0 saturated carbocycles. The van der Waals surface area contributed by atoms with Gasteiger partial charge in [-0.1, -0.05) is 17.7 Å². The molecule has 1 fully saturated rings. The molecule has 2 heterocycles. The van der Waals surface area contributed by atoms with Crippen LogP contribution in [-0.2, 0) is 0 Å². The lowest BCUT2D eigenvalue weighted by molar-refractivity contribution is 0.0707. The van der Waals surface area contributed by atoms with Gasteiger partial charge in [-0.05, 0) is 38.0 Å². The zero-order valence-corrected chi connectivity index (χ0v) is 13.3. The molecular weight excluding hydrogens is 306 g/mol. The smallest absolute Gasteiger partial charge is 0.253 e. The predicted octanol–water partition coefficient (Wildman–Crippen LogP) is 3.52. The summed E-state index contributed by atoms with van der Waals surface area (Å²) >= 11 is 7.59. The molecule has 0 radical (unpaired) electrons. The number of nitrogens with zero attached hydrogens (tertiary/aromatic N) is 3. The summed E-state index contributed by atoms with van der Waals surface area (Å²) in [6.45, 7) is 3.46. The van der Waals surface area contributed by atoms with Crippen molar-refractivity contribution in [3.05, 3.63) is 44.9 Å². The van der Waals surface area contributed by atoms with Crippen molar-refractivity contribution in [2.24, 2.45) is 0 Å². The second-order valence-corrected chi connectivity index (χ2v) is 6.91. The van der Waals surface area contributed by atoms with Crippen LogP contribution in [0.5, 0.6) is 0 Å². The summed E-state index contributed by atoms with van der Waals surface area (Å²) in [4.78, 5) is 14.5. The minimum atomic E-state index is 0.0448. The minimum absolute atomic E-state index is 0.0448. The topological polar surface area (TPSA) is 46.1 Å². The Bertz CT molecular complexity index is 658. The van der Waals surface area contributed by atoms with Crippen LogP contribution in [-0.4, -0.2) is 34.1 Å². The van der Waals surface area contributed by atoms with Crippen molar-refractivity contribution in [1.82, 2.24) is 15.1 Å². The first-order valence-corrected chi connectivity index (χ1v) is 8.18. The van der Waals surface area contributed by atoms with Gasteiger partial charge in [-0.2, -0.15) is 0 Å². The largest absolute Gasteiger partial charge is 0.338 e. The Morgan fingerprint density at radius 3 is 3.00 bits per heavy atom. The first-order chi connectivity index (χ1) is 10.1. The number of amides is 1. The summed E-state index contributed by atoms with van der Waals surface area (Å²) in [6, 6.07) is 7.13. The molecule has 1 aromatic carbocycles. The molecular formula is C15H16ClN3OS. The minimum Gasteiger partial charge on any atom is -0.338 e. The number of hydrogen-bond acceptors (Lipinski definition) is 4. The van der Waals surface area contributed by atoms with Gasteiger partial charge in [0.1, 0.15) is 10.0 Å². The number of hydrogen-bond donors (Lipinski definition) is 0. The number of carbonyl (C=O) groups is 1. The van der Waals surface area contributed by atoms with Crippen molar-refractivity contribution in [3.63, 3.8) is 0 Å². The van der Waals surface area contributed by atoms with Crippen molar-refractivity contribution in [3.8, 4) is 0 Å². The third-order valence-electron chi connectivity index (χ3n) is 3.67. The number of aromatic nitrogens is 2. The average molecular weight is 322 g/mol. The number of aryl methyl sites for hydroxylation is 1. The van der Waals surface area contributed by atoms with Gasteiger partial charge in [0.15, 0.2) is 0 Å². The molecule has 4 nitrogen and oxygen atoms in total. The molecule has 0 spiro atoms. The Labute approximate surface area is 132 Å². The molecule has 21 heavy (non-hydrogen) atoms. The molecule has 1 saturated heterocycles. The fraction of sp³-hybridized carbons (Fsp3) is 0.400. The van der Waals surface area contributed by atoms with E-state index >= 15 is 0 Å². The van der Waals surface area contributed by atoms with Gasteiger partial charge >= 0.3 is 0 Å². The highest BCUT2D eigenvalue weighted by atomic mass is 35.5. The van der Waals surface area contributed by atoms with Crippen molar-refractivity contribution >= 4 is 28.8 Å². The number of rotatable bonds is 2. The van der Waals surface area contributed by atoms with E-state index in [4.69, 9.17) is 11.6 Å². The Hall–Kier alpha value is -1.46. The lowest BCUT2D eigenvalue weighted by Crippen LogP contribution is -2.39. The summed E-state index contributed by atoms with van der Waals surface area (Å²) in [6.07, 6.45) is 2.06. The molecule has 0 aliphatic carbocycles. The van der Waals surface area contributed by atoms with E-state index in [-0.39, 0.29) is 5.91 Å². The molecule has 1 aliphatic heterocycles. The van der Waals surface area contributed by atoms with E-state index in [0.29, 0.717) is 23.0 Å². The Kier molecular flexibility index (Phi) is 4.22. The molecule has 0 unspecified atom stereocenters. The van der Waals surface area contributed by atoms with Crippen LogP contribution in [0.2, 0.25) is 5.02 Å². The standard InChI is InChI=1S/C15H16ClN3OS/c1-10-17-18-14(21-10)12-5-3-7-19(9-12)15(20)11-4-2-6-13(16)8-11/h2,4,6,8,12H,3,5,7,9H2,1H3/t12-/m1/s1. The van der Waals surface area contributed by atoms with E-state index in [1.165, 1.54) is 0 Å². The van der Waals surface area contributed by atoms with Crippen LogP contribution in [0.3, 0.4) is 0 Å². The van der Waals surface area contributed by atoms with Gasteiger partial charge in [-0.3, -0.25) is 4.79 Å². The second-order valence-electron chi connectivity index (χ2n) is 5.26. The van der Waals surface area contributed by atoms with E-state index in [2.05, 4.69) is 10.2 Å². The van der Waals surface area contributed by atoms with Crippen LogP contribution in [0, 0.1) is 6.92 Å². The first-order valence-electron chi connectivity index (χ1n) is 6.98. The van der Waals surface area contributed by atoms with E-state index in [1.807, 2.05) is 24.0 Å². The summed E-state index contributed by atoms with van der Waals surface area (Å²) in [5, 5.41) is 10.9. The highest BCUT2D eigenvalue weighted by molar-refractivity contribution is 7.11. The molecule has 1 atom stereocenters. The quantitative estimate of drug-likeness (QED) is 0.850. The number of benzene rings is 1. The van der Waals surface area contributed by atoms with Gasteiger partial charge in [-0.15, -0.1) is 21.5 Å². The molecule has 6 heteroatoms. The van der Waals surface area contributed by atoms with Gasteiger partial charge in [0.05, 0.1) is 0 Å². The maximum absolute atomic E-state index is 12.6. The van der Waals surface area contributed by atoms with E-state index in [1.54, 1.807) is 23.5 Å². The second kappa shape index (κ2) is 6.12. The fourth-order valence-corrected chi connectivity index (χ4v) is 3.66. The Balaban J connectivity index is 1.75. The lowest BCUT2D eigenvalue weighted by atomic mass is 9.98. The molecule has 1 aliphatic rings. The number of likely N-dealkylation sites (tertiary alicyclic amines) is 1. The first kappa shape index (κ1) is 14.5. The maximum atomic E-state index is 12.6. The van der Waals surface area contributed by atoms with Gasteiger partial charge < -0.3 is 4.90 Å². The Morgan fingerprint density at radius 1 is 1.43 bits per heavy atom. The molecule has 3 rings (SSSR count). The molecule has 0 bridgehead atoms. The normalized spacial score (nSPS) is 18.8. The van der Waals surface area contributed by atoms with Crippen LogP contribution in [0.25, 0.3) is 0 Å². The van der Waals surface area contributed by atoms with Crippen molar-refractivity contribution in [2.45, 2.75) is 25.7 Å². The van der Waals surface area contributed by atoms with E-state index in [0.717, 1.165) is 29.4 Å². The third kappa shape index (κ3) is 3.24. The molecule has 1 amide bonds. The van der Waals surface area contributed by atoms with Crippen LogP contribution in [0.4, 0.5) is 0 Å². The van der Waals surface area contributed by atoms with Gasteiger partial charge in [0.25, 0.3) is 5.91 Å². The van der Waals surface area contributed by atoms with Gasteiger partial charge in [-0.25, -0.2) is 0 Å². The van der Waals surface area contributed by atoms with Crippen molar-refractivity contribution in [2.75, 3.05) is 13.1 Å². The maximum Gasteiger partial charge on any atom is 0.253 e. The lowest BCUT2D eigenvalue weighted by Gasteiger charge is -2.31. The zero-order chi connectivity index (χ0) is 14.8. The average Bonchev–Trinajstić information content (AvgIpc) is 2.93. The number of carbonyl (C=O) groups excluding carboxylic acids is 1. The number of piperidine rings is 1. The van der Waals surface area contributed by atoms with Crippen LogP contribution >= 0.6 is 22.9 Å². The Morgan fingerprint density at radius 2 is 2.29 bits per heavy atom. The highest BCUT2D eigenvalue weighted by Crippen LogP contribution is 2.29. The monoisotopic (exact) mass is 321 g/mol. The predicted molar refractivity (Wildman–Crippen MR) is 84.0 cm³/mol. The summed E-state index contributed by atoms with van der Waals surface area (Å²) in [5.41, 5.74) is 0.650. The zero-order valence-electron chi connectivity index (χ0n) is 11.8. The van der Waals surface area contributed by atoms with E-state index < -0.39 is 0 Å². The van der Waals surface area contributed by atoms with E-state index in [9.17, 15) is 4.79 Å². The van der Waals surface area contributed by atoms with Gasteiger partial charge in [0.2, 0.25) is 0 Å². The fourth-order valence-electron chi connectivity index (χ4n) is 2.64. The summed E-state index contributed by atoms with van der Waals surface area (Å²) < 4.78 is 0. The highest BCUT2D eigenvalue weighted by Gasteiger charge is 2.27. The summed E-state index contributed by atoms with van der Waals surface area (Å²) in [7, 11) is 0. The van der Waals surface area contributed by atoms with Gasteiger partial charge in [0, 0.05) is 29.6 Å². The van der Waals surface area contributed by atoms with Crippen molar-refractivity contribution < 1.29 is 4.79 Å². The SMILES string of the molecule is Cc1nnc([C@@H]2CCCN(C(=O)c3cccc(Cl)c3)C2)s1. The van der Waals surface area contributed by atoms with Crippen LogP contribution < -0.4 is 0 Å².